The number of hydrogen-bond donors (Lipinski definition) is 3. The standard InChI is InChI=1S/C12H24N2O2/c1-12(2,3)14-11(16)8-13-9-6-4-5-7-10(9)15/h9-10,13,15H,4-8H2,1-3H3,(H,14,16). The second kappa shape index (κ2) is 5.64. The van der Waals surface area contributed by atoms with Gasteiger partial charge in [-0.3, -0.25) is 4.79 Å². The first-order valence-corrected chi connectivity index (χ1v) is 6.11. The lowest BCUT2D eigenvalue weighted by Gasteiger charge is -2.29. The number of aliphatic hydroxyl groups is 1. The fourth-order valence-corrected chi connectivity index (χ4v) is 2.04. The van der Waals surface area contributed by atoms with Crippen molar-refractivity contribution in [1.82, 2.24) is 10.6 Å². The summed E-state index contributed by atoms with van der Waals surface area (Å²) < 4.78 is 0. The highest BCUT2D eigenvalue weighted by atomic mass is 16.3. The van der Waals surface area contributed by atoms with Crippen LogP contribution < -0.4 is 10.6 Å². The molecule has 0 radical (unpaired) electrons. The number of carbonyl (C=O) groups is 1. The minimum Gasteiger partial charge on any atom is -0.392 e. The van der Waals surface area contributed by atoms with Crippen molar-refractivity contribution in [3.8, 4) is 0 Å². The molecule has 1 saturated carbocycles. The van der Waals surface area contributed by atoms with E-state index in [9.17, 15) is 9.90 Å². The molecule has 0 heterocycles. The van der Waals surface area contributed by atoms with Gasteiger partial charge < -0.3 is 15.7 Å². The second-order valence-electron chi connectivity index (χ2n) is 5.64. The summed E-state index contributed by atoms with van der Waals surface area (Å²) in [5.41, 5.74) is -0.191. The average Bonchev–Trinajstić information content (AvgIpc) is 2.14. The number of amides is 1. The van der Waals surface area contributed by atoms with Crippen LogP contribution in [0.15, 0.2) is 0 Å². The topological polar surface area (TPSA) is 61.4 Å². The Bertz CT molecular complexity index is 236. The molecule has 2 atom stereocenters. The zero-order chi connectivity index (χ0) is 12.2. The molecule has 16 heavy (non-hydrogen) atoms. The maximum absolute atomic E-state index is 11.6. The van der Waals surface area contributed by atoms with Crippen LogP contribution in [0.3, 0.4) is 0 Å². The van der Waals surface area contributed by atoms with E-state index in [-0.39, 0.29) is 23.6 Å². The molecule has 1 aliphatic rings. The lowest BCUT2D eigenvalue weighted by Crippen LogP contribution is -2.49. The van der Waals surface area contributed by atoms with Gasteiger partial charge in [0, 0.05) is 11.6 Å². The lowest BCUT2D eigenvalue weighted by atomic mass is 9.92. The highest BCUT2D eigenvalue weighted by Crippen LogP contribution is 2.17. The largest absolute Gasteiger partial charge is 0.392 e. The summed E-state index contributed by atoms with van der Waals surface area (Å²) >= 11 is 0. The molecule has 0 bridgehead atoms. The molecular weight excluding hydrogens is 204 g/mol. The normalized spacial score (nSPS) is 26.5. The highest BCUT2D eigenvalue weighted by Gasteiger charge is 2.23. The molecule has 1 amide bonds. The second-order valence-corrected chi connectivity index (χ2v) is 5.64. The minimum atomic E-state index is -0.295. The van der Waals surface area contributed by atoms with Crippen LogP contribution in [0.1, 0.15) is 46.5 Å². The summed E-state index contributed by atoms with van der Waals surface area (Å²) in [6.45, 7) is 6.17. The lowest BCUT2D eigenvalue weighted by molar-refractivity contribution is -0.121. The predicted molar refractivity (Wildman–Crippen MR) is 64.2 cm³/mol. The number of rotatable bonds is 3. The highest BCUT2D eigenvalue weighted by molar-refractivity contribution is 5.78. The Morgan fingerprint density at radius 1 is 1.31 bits per heavy atom. The monoisotopic (exact) mass is 228 g/mol. The zero-order valence-corrected chi connectivity index (χ0v) is 10.5. The van der Waals surface area contributed by atoms with Crippen LogP contribution in [0.5, 0.6) is 0 Å². The van der Waals surface area contributed by atoms with Crippen molar-refractivity contribution >= 4 is 5.91 Å². The van der Waals surface area contributed by atoms with Gasteiger partial charge in [0.05, 0.1) is 12.6 Å². The summed E-state index contributed by atoms with van der Waals surface area (Å²) in [7, 11) is 0. The third kappa shape index (κ3) is 4.94. The number of carbonyl (C=O) groups excluding carboxylic acids is 1. The Morgan fingerprint density at radius 3 is 2.50 bits per heavy atom. The third-order valence-electron chi connectivity index (χ3n) is 2.77. The van der Waals surface area contributed by atoms with E-state index in [0.717, 1.165) is 25.7 Å². The smallest absolute Gasteiger partial charge is 0.234 e. The molecule has 3 N–H and O–H groups in total. The van der Waals surface area contributed by atoms with Gasteiger partial charge in [0.15, 0.2) is 0 Å². The van der Waals surface area contributed by atoms with Crippen molar-refractivity contribution < 1.29 is 9.90 Å². The van der Waals surface area contributed by atoms with E-state index in [1.54, 1.807) is 0 Å². The quantitative estimate of drug-likeness (QED) is 0.669. The summed E-state index contributed by atoms with van der Waals surface area (Å²) in [5.74, 6) is -0.00901. The number of nitrogens with one attached hydrogen (secondary N) is 2. The van der Waals surface area contributed by atoms with Crippen LogP contribution in [0.4, 0.5) is 0 Å². The number of hydrogen-bond acceptors (Lipinski definition) is 3. The van der Waals surface area contributed by atoms with Crippen LogP contribution in [-0.2, 0) is 4.79 Å². The first-order valence-electron chi connectivity index (χ1n) is 6.11. The van der Waals surface area contributed by atoms with Crippen molar-refractivity contribution in [2.75, 3.05) is 6.54 Å². The Hall–Kier alpha value is -0.610. The molecule has 0 aromatic rings. The van der Waals surface area contributed by atoms with E-state index in [1.165, 1.54) is 0 Å². The van der Waals surface area contributed by atoms with Gasteiger partial charge in [-0.2, -0.15) is 0 Å². The van der Waals surface area contributed by atoms with E-state index < -0.39 is 0 Å². The van der Waals surface area contributed by atoms with Crippen LogP contribution >= 0.6 is 0 Å². The Labute approximate surface area is 97.8 Å². The molecule has 4 heteroatoms. The third-order valence-corrected chi connectivity index (χ3v) is 2.77. The van der Waals surface area contributed by atoms with Crippen molar-refractivity contribution in [2.45, 2.75) is 64.1 Å². The predicted octanol–water partition coefficient (Wildman–Crippen LogP) is 0.794. The Balaban J connectivity index is 2.25. The summed E-state index contributed by atoms with van der Waals surface area (Å²) in [6, 6.07) is 0.0828. The molecule has 0 saturated heterocycles. The molecule has 1 rings (SSSR count). The molecule has 1 fully saturated rings. The van der Waals surface area contributed by atoms with Crippen LogP contribution in [0.2, 0.25) is 0 Å². The molecule has 0 spiro atoms. The molecule has 2 unspecified atom stereocenters. The van der Waals surface area contributed by atoms with Gasteiger partial charge in [-0.05, 0) is 33.6 Å². The van der Waals surface area contributed by atoms with Gasteiger partial charge in [-0.25, -0.2) is 0 Å². The molecule has 1 aliphatic carbocycles. The van der Waals surface area contributed by atoms with E-state index in [0.29, 0.717) is 6.54 Å². The summed E-state index contributed by atoms with van der Waals surface area (Å²) in [5, 5.41) is 15.7. The van der Waals surface area contributed by atoms with E-state index in [1.807, 2.05) is 20.8 Å². The van der Waals surface area contributed by atoms with Gasteiger partial charge in [0.1, 0.15) is 0 Å². The first-order chi connectivity index (χ1) is 7.38. The summed E-state index contributed by atoms with van der Waals surface area (Å²) in [4.78, 5) is 11.6. The van der Waals surface area contributed by atoms with Gasteiger partial charge in [-0.1, -0.05) is 12.8 Å². The minimum absolute atomic E-state index is 0.00901. The van der Waals surface area contributed by atoms with Gasteiger partial charge in [0.2, 0.25) is 5.91 Å². The van der Waals surface area contributed by atoms with Crippen molar-refractivity contribution in [1.29, 1.82) is 0 Å². The Morgan fingerprint density at radius 2 is 1.94 bits per heavy atom. The molecule has 94 valence electrons. The molecule has 0 aromatic heterocycles. The van der Waals surface area contributed by atoms with Gasteiger partial charge in [0.25, 0.3) is 0 Å². The maximum atomic E-state index is 11.6. The SMILES string of the molecule is CC(C)(C)NC(=O)CNC1CCCCC1O. The fourth-order valence-electron chi connectivity index (χ4n) is 2.04. The fraction of sp³-hybridized carbons (Fsp3) is 0.917. The Kier molecular flexibility index (Phi) is 4.74. The van der Waals surface area contributed by atoms with Crippen molar-refractivity contribution in [3.63, 3.8) is 0 Å². The number of aliphatic hydroxyl groups excluding tert-OH is 1. The molecular formula is C12H24N2O2. The molecule has 4 nitrogen and oxygen atoms in total. The van der Waals surface area contributed by atoms with Crippen LogP contribution in [-0.4, -0.2) is 35.2 Å². The van der Waals surface area contributed by atoms with Crippen molar-refractivity contribution in [3.05, 3.63) is 0 Å². The zero-order valence-electron chi connectivity index (χ0n) is 10.5. The first kappa shape index (κ1) is 13.5. The maximum Gasteiger partial charge on any atom is 0.234 e. The van der Waals surface area contributed by atoms with E-state index in [2.05, 4.69) is 10.6 Å². The molecule has 0 aliphatic heterocycles. The van der Waals surface area contributed by atoms with E-state index >= 15 is 0 Å². The van der Waals surface area contributed by atoms with Gasteiger partial charge >= 0.3 is 0 Å². The van der Waals surface area contributed by atoms with Crippen LogP contribution in [0.25, 0.3) is 0 Å². The van der Waals surface area contributed by atoms with Crippen molar-refractivity contribution in [2.24, 2.45) is 0 Å². The average molecular weight is 228 g/mol. The summed E-state index contributed by atoms with van der Waals surface area (Å²) in [6.07, 6.45) is 3.74. The van der Waals surface area contributed by atoms with E-state index in [4.69, 9.17) is 0 Å². The molecule has 0 aromatic carbocycles. The van der Waals surface area contributed by atoms with Crippen LogP contribution in [0, 0.1) is 0 Å². The van der Waals surface area contributed by atoms with Gasteiger partial charge in [-0.15, -0.1) is 0 Å².